The Morgan fingerprint density at radius 2 is 1.93 bits per heavy atom. The Hall–Kier alpha value is -3.13. The first kappa shape index (κ1) is 19.6. The molecule has 1 atom stereocenters. The number of nitrogens with one attached hydrogen (secondary N) is 1. The van der Waals surface area contributed by atoms with Crippen LogP contribution >= 0.6 is 11.8 Å². The smallest absolute Gasteiger partial charge is 0.338 e. The maximum Gasteiger partial charge on any atom is 0.338 e. The van der Waals surface area contributed by atoms with Gasteiger partial charge in [0.2, 0.25) is 5.91 Å². The van der Waals surface area contributed by atoms with E-state index in [1.54, 1.807) is 49.5 Å². The van der Waals surface area contributed by atoms with Crippen molar-refractivity contribution in [1.29, 1.82) is 0 Å². The van der Waals surface area contributed by atoms with Crippen LogP contribution in [0.3, 0.4) is 0 Å². The van der Waals surface area contributed by atoms with Gasteiger partial charge in [0.15, 0.2) is 5.17 Å². The Bertz CT molecular complexity index is 908. The van der Waals surface area contributed by atoms with Gasteiger partial charge in [-0.1, -0.05) is 23.9 Å². The van der Waals surface area contributed by atoms with E-state index in [1.807, 2.05) is 12.1 Å². The van der Waals surface area contributed by atoms with Crippen LogP contribution in [0.1, 0.15) is 28.4 Å². The van der Waals surface area contributed by atoms with Gasteiger partial charge < -0.3 is 15.2 Å². The standard InChI is InChI=1S/C20H19N3O4S/c1-2-27-19(26)15-7-3-13(4-8-15)11-17-18(25)22-20(28-17)23-21-12-14-5-9-16(24)10-6-14/h3-10,12,17,24H,2,11H2,1H3,(H,22,23,25)/b21-12-/t17-/m1/s1. The highest BCUT2D eigenvalue weighted by Gasteiger charge is 2.30. The molecule has 1 saturated heterocycles. The lowest BCUT2D eigenvalue weighted by Gasteiger charge is -2.06. The molecule has 7 nitrogen and oxygen atoms in total. The van der Waals surface area contributed by atoms with Gasteiger partial charge in [0.25, 0.3) is 0 Å². The summed E-state index contributed by atoms with van der Waals surface area (Å²) in [5, 5.41) is 20.1. The van der Waals surface area contributed by atoms with E-state index < -0.39 is 0 Å². The highest BCUT2D eigenvalue weighted by atomic mass is 32.2. The van der Waals surface area contributed by atoms with E-state index in [-0.39, 0.29) is 22.9 Å². The predicted molar refractivity (Wildman–Crippen MR) is 109 cm³/mol. The molecule has 0 aliphatic carbocycles. The quantitative estimate of drug-likeness (QED) is 0.443. The van der Waals surface area contributed by atoms with Gasteiger partial charge >= 0.3 is 5.97 Å². The van der Waals surface area contributed by atoms with E-state index in [0.717, 1.165) is 11.1 Å². The van der Waals surface area contributed by atoms with Crippen LogP contribution in [-0.2, 0) is 16.0 Å². The van der Waals surface area contributed by atoms with Crippen LogP contribution < -0.4 is 5.32 Å². The molecule has 1 heterocycles. The van der Waals surface area contributed by atoms with Crippen molar-refractivity contribution < 1.29 is 19.4 Å². The summed E-state index contributed by atoms with van der Waals surface area (Å²) in [4.78, 5) is 23.8. The molecule has 0 radical (unpaired) electrons. The highest BCUT2D eigenvalue weighted by molar-refractivity contribution is 8.15. The molecule has 144 valence electrons. The molecule has 0 bridgehead atoms. The number of hydrogen-bond acceptors (Lipinski definition) is 7. The second kappa shape index (κ2) is 9.18. The Kier molecular flexibility index (Phi) is 6.44. The first-order valence-corrected chi connectivity index (χ1v) is 9.56. The summed E-state index contributed by atoms with van der Waals surface area (Å²) in [6.45, 7) is 2.09. The second-order valence-electron chi connectivity index (χ2n) is 5.96. The maximum atomic E-state index is 12.2. The molecule has 3 rings (SSSR count). The molecular weight excluding hydrogens is 378 g/mol. The summed E-state index contributed by atoms with van der Waals surface area (Å²) in [5.41, 5.74) is 2.21. The minimum absolute atomic E-state index is 0.127. The second-order valence-corrected chi connectivity index (χ2v) is 7.15. The van der Waals surface area contributed by atoms with Crippen molar-refractivity contribution in [2.24, 2.45) is 10.2 Å². The summed E-state index contributed by atoms with van der Waals surface area (Å²) in [6, 6.07) is 13.6. The van der Waals surface area contributed by atoms with Crippen LogP contribution in [0.5, 0.6) is 5.75 Å². The molecule has 0 saturated carbocycles. The number of nitrogens with zero attached hydrogens (tertiary/aromatic N) is 2. The highest BCUT2D eigenvalue weighted by Crippen LogP contribution is 2.23. The zero-order valence-electron chi connectivity index (χ0n) is 15.2. The lowest BCUT2D eigenvalue weighted by molar-refractivity contribution is -0.118. The SMILES string of the molecule is CCOC(=O)c1ccc(C[C@H]2S/C(=N\N=C/c3ccc(O)cc3)NC2=O)cc1. The largest absolute Gasteiger partial charge is 0.508 e. The van der Waals surface area contributed by atoms with E-state index in [9.17, 15) is 14.7 Å². The van der Waals surface area contributed by atoms with Gasteiger partial charge in [-0.25, -0.2) is 4.79 Å². The number of phenolic OH excluding ortho intramolecular Hbond substituents is 1. The Balaban J connectivity index is 1.58. The van der Waals surface area contributed by atoms with Crippen LogP contribution in [0.4, 0.5) is 0 Å². The van der Waals surface area contributed by atoms with E-state index in [1.165, 1.54) is 11.8 Å². The first-order valence-electron chi connectivity index (χ1n) is 8.69. The molecule has 0 aromatic heterocycles. The van der Waals surface area contributed by atoms with Gasteiger partial charge in [0.1, 0.15) is 5.75 Å². The van der Waals surface area contributed by atoms with Crippen LogP contribution in [0.25, 0.3) is 0 Å². The molecule has 1 fully saturated rings. The van der Waals surface area contributed by atoms with Crippen molar-refractivity contribution in [3.8, 4) is 5.75 Å². The van der Waals surface area contributed by atoms with Crippen molar-refractivity contribution in [3.05, 3.63) is 65.2 Å². The maximum absolute atomic E-state index is 12.2. The van der Waals surface area contributed by atoms with Gasteiger partial charge in [-0.05, 0) is 60.9 Å². The van der Waals surface area contributed by atoms with Gasteiger partial charge in [-0.2, -0.15) is 5.10 Å². The molecule has 8 heteroatoms. The summed E-state index contributed by atoms with van der Waals surface area (Å²) in [5.74, 6) is -0.304. The molecule has 28 heavy (non-hydrogen) atoms. The van der Waals surface area contributed by atoms with Gasteiger partial charge in [0, 0.05) is 0 Å². The van der Waals surface area contributed by atoms with E-state index in [2.05, 4.69) is 15.5 Å². The molecule has 2 aromatic rings. The number of carbonyl (C=O) groups excluding carboxylic acids is 2. The molecular formula is C20H19N3O4S. The number of benzene rings is 2. The minimum Gasteiger partial charge on any atom is -0.508 e. The van der Waals surface area contributed by atoms with Crippen molar-refractivity contribution >= 4 is 35.0 Å². The fourth-order valence-electron chi connectivity index (χ4n) is 2.50. The van der Waals surface area contributed by atoms with Gasteiger partial charge in [-0.15, -0.1) is 5.10 Å². The number of carbonyl (C=O) groups is 2. The summed E-state index contributed by atoms with van der Waals surface area (Å²) < 4.78 is 4.96. The number of ether oxygens (including phenoxy) is 1. The number of thioether (sulfide) groups is 1. The first-order chi connectivity index (χ1) is 13.5. The Morgan fingerprint density at radius 1 is 1.21 bits per heavy atom. The number of phenols is 1. The third kappa shape index (κ3) is 5.20. The molecule has 0 spiro atoms. The van der Waals surface area contributed by atoms with Crippen molar-refractivity contribution in [2.45, 2.75) is 18.6 Å². The van der Waals surface area contributed by atoms with Crippen LogP contribution in [0.2, 0.25) is 0 Å². The van der Waals surface area contributed by atoms with Crippen LogP contribution in [0, 0.1) is 0 Å². The Labute approximate surface area is 166 Å². The average Bonchev–Trinajstić information content (AvgIpc) is 3.03. The molecule has 0 unspecified atom stereocenters. The predicted octanol–water partition coefficient (Wildman–Crippen LogP) is 2.73. The molecule has 1 amide bonds. The average molecular weight is 397 g/mol. The van der Waals surface area contributed by atoms with Crippen molar-refractivity contribution in [2.75, 3.05) is 6.61 Å². The number of hydrogen-bond donors (Lipinski definition) is 2. The number of esters is 1. The number of rotatable bonds is 6. The number of amidine groups is 1. The number of amides is 1. The lowest BCUT2D eigenvalue weighted by atomic mass is 10.1. The Morgan fingerprint density at radius 3 is 2.61 bits per heavy atom. The van der Waals surface area contributed by atoms with Gasteiger partial charge in [-0.3, -0.25) is 4.79 Å². The third-order valence-corrected chi connectivity index (χ3v) is 4.98. The third-order valence-electron chi connectivity index (χ3n) is 3.91. The summed E-state index contributed by atoms with van der Waals surface area (Å²) in [6.07, 6.45) is 2.06. The monoisotopic (exact) mass is 397 g/mol. The fraction of sp³-hybridized carbons (Fsp3) is 0.200. The molecule has 2 N–H and O–H groups in total. The number of aromatic hydroxyl groups is 1. The van der Waals surface area contributed by atoms with Crippen molar-refractivity contribution in [3.63, 3.8) is 0 Å². The zero-order chi connectivity index (χ0) is 19.9. The summed E-state index contributed by atoms with van der Waals surface area (Å²) in [7, 11) is 0. The zero-order valence-corrected chi connectivity index (χ0v) is 16.0. The molecule has 1 aliphatic rings. The lowest BCUT2D eigenvalue weighted by Crippen LogP contribution is -2.25. The summed E-state index contributed by atoms with van der Waals surface area (Å²) >= 11 is 1.31. The van der Waals surface area contributed by atoms with Gasteiger partial charge in [0.05, 0.1) is 23.6 Å². The van der Waals surface area contributed by atoms with E-state index in [0.29, 0.717) is 23.8 Å². The minimum atomic E-state index is -0.358. The molecule has 1 aliphatic heterocycles. The van der Waals surface area contributed by atoms with Crippen molar-refractivity contribution in [1.82, 2.24) is 5.32 Å². The van der Waals surface area contributed by atoms with E-state index in [4.69, 9.17) is 4.74 Å². The van der Waals surface area contributed by atoms with Crippen LogP contribution in [-0.4, -0.2) is 40.2 Å². The van der Waals surface area contributed by atoms with Crippen LogP contribution in [0.15, 0.2) is 58.7 Å². The molecule has 2 aromatic carbocycles. The van der Waals surface area contributed by atoms with E-state index >= 15 is 0 Å². The topological polar surface area (TPSA) is 100 Å². The normalized spacial score (nSPS) is 17.8. The fourth-order valence-corrected chi connectivity index (χ4v) is 3.47.